The van der Waals surface area contributed by atoms with Crippen LogP contribution in [0.2, 0.25) is 5.02 Å². The molecule has 0 bridgehead atoms. The highest BCUT2D eigenvalue weighted by atomic mass is 35.5. The molecule has 3 aromatic rings. The third-order valence-electron chi connectivity index (χ3n) is 2.89. The smallest absolute Gasteiger partial charge is 0.228 e. The third kappa shape index (κ3) is 2.81. The zero-order valence-corrected chi connectivity index (χ0v) is 11.2. The van der Waals surface area contributed by atoms with Crippen molar-refractivity contribution in [3.63, 3.8) is 0 Å². The minimum Gasteiger partial charge on any atom is -0.443 e. The lowest BCUT2D eigenvalue weighted by molar-refractivity contribution is -0.115. The fraction of sp³-hybridized carbons (Fsp3) is 0.0667. The van der Waals surface area contributed by atoms with Crippen LogP contribution in [0.15, 0.2) is 53.3 Å². The summed E-state index contributed by atoms with van der Waals surface area (Å²) in [6.07, 6.45) is 1.67. The van der Waals surface area contributed by atoms with Crippen LogP contribution in [0.5, 0.6) is 0 Å². The quantitative estimate of drug-likeness (QED) is 0.799. The number of carbonyl (C=O) groups excluding carboxylic acids is 1. The number of nitrogens with zero attached hydrogens (tertiary/aromatic N) is 1. The molecule has 5 heteroatoms. The zero-order chi connectivity index (χ0) is 13.9. The number of oxazole rings is 1. The van der Waals surface area contributed by atoms with Crippen LogP contribution in [-0.4, -0.2) is 10.9 Å². The molecule has 0 unspecified atom stereocenters. The summed E-state index contributed by atoms with van der Waals surface area (Å²) < 4.78 is 5.21. The van der Waals surface area contributed by atoms with Crippen molar-refractivity contribution in [2.45, 2.75) is 6.42 Å². The lowest BCUT2D eigenvalue weighted by Gasteiger charge is -2.05. The number of benzene rings is 2. The Morgan fingerprint density at radius 2 is 2.00 bits per heavy atom. The number of anilines is 1. The largest absolute Gasteiger partial charge is 0.443 e. The molecule has 0 aliphatic heterocycles. The SMILES string of the molecule is O=C(Cc1ccc2ncoc2c1)Nc1ccc(Cl)cc1. The fourth-order valence-corrected chi connectivity index (χ4v) is 2.06. The summed E-state index contributed by atoms with van der Waals surface area (Å²) in [7, 11) is 0. The molecule has 0 spiro atoms. The highest BCUT2D eigenvalue weighted by molar-refractivity contribution is 6.30. The number of hydrogen-bond donors (Lipinski definition) is 1. The number of carbonyl (C=O) groups is 1. The Balaban J connectivity index is 1.70. The van der Waals surface area contributed by atoms with Crippen LogP contribution in [0.25, 0.3) is 11.1 Å². The van der Waals surface area contributed by atoms with Gasteiger partial charge in [-0.05, 0) is 42.0 Å². The Kier molecular flexibility index (Phi) is 3.39. The summed E-state index contributed by atoms with van der Waals surface area (Å²) in [5.41, 5.74) is 3.06. The highest BCUT2D eigenvalue weighted by Crippen LogP contribution is 2.16. The van der Waals surface area contributed by atoms with Gasteiger partial charge in [-0.2, -0.15) is 0 Å². The Hall–Kier alpha value is -2.33. The average molecular weight is 287 g/mol. The summed E-state index contributed by atoms with van der Waals surface area (Å²) >= 11 is 5.79. The van der Waals surface area contributed by atoms with Crippen molar-refractivity contribution in [1.82, 2.24) is 4.98 Å². The number of hydrogen-bond acceptors (Lipinski definition) is 3. The predicted molar refractivity (Wildman–Crippen MR) is 77.8 cm³/mol. The number of amides is 1. The zero-order valence-electron chi connectivity index (χ0n) is 10.5. The molecule has 2 aromatic carbocycles. The van der Waals surface area contributed by atoms with Crippen LogP contribution in [0.3, 0.4) is 0 Å². The Morgan fingerprint density at radius 1 is 1.20 bits per heavy atom. The van der Waals surface area contributed by atoms with Gasteiger partial charge in [0.05, 0.1) is 6.42 Å². The van der Waals surface area contributed by atoms with E-state index in [1.165, 1.54) is 6.39 Å². The molecule has 1 N–H and O–H groups in total. The maximum Gasteiger partial charge on any atom is 0.228 e. The first-order valence-electron chi connectivity index (χ1n) is 6.08. The van der Waals surface area contributed by atoms with E-state index in [0.717, 1.165) is 16.8 Å². The van der Waals surface area contributed by atoms with Crippen molar-refractivity contribution >= 4 is 34.3 Å². The van der Waals surface area contributed by atoms with Crippen LogP contribution in [0.4, 0.5) is 5.69 Å². The molecule has 0 fully saturated rings. The fourth-order valence-electron chi connectivity index (χ4n) is 1.93. The van der Waals surface area contributed by atoms with Crippen molar-refractivity contribution in [2.75, 3.05) is 5.32 Å². The van der Waals surface area contributed by atoms with Crippen LogP contribution >= 0.6 is 11.6 Å². The number of nitrogens with one attached hydrogen (secondary N) is 1. The maximum atomic E-state index is 12.0. The molecule has 0 saturated heterocycles. The van der Waals surface area contributed by atoms with Crippen LogP contribution in [-0.2, 0) is 11.2 Å². The van der Waals surface area contributed by atoms with Gasteiger partial charge in [-0.1, -0.05) is 17.7 Å². The molecule has 0 aliphatic rings. The molecule has 3 rings (SSSR count). The molecule has 100 valence electrons. The average Bonchev–Trinajstić information content (AvgIpc) is 2.89. The molecule has 1 heterocycles. The number of fused-ring (bicyclic) bond motifs is 1. The third-order valence-corrected chi connectivity index (χ3v) is 3.14. The van der Waals surface area contributed by atoms with Crippen molar-refractivity contribution < 1.29 is 9.21 Å². The number of rotatable bonds is 3. The lowest BCUT2D eigenvalue weighted by atomic mass is 10.1. The Bertz CT molecular complexity index is 750. The van der Waals surface area contributed by atoms with E-state index in [0.29, 0.717) is 10.6 Å². The molecule has 1 aromatic heterocycles. The summed E-state index contributed by atoms with van der Waals surface area (Å²) in [4.78, 5) is 16.0. The van der Waals surface area contributed by atoms with Crippen LogP contribution < -0.4 is 5.32 Å². The van der Waals surface area contributed by atoms with Gasteiger partial charge < -0.3 is 9.73 Å². The van der Waals surface area contributed by atoms with E-state index >= 15 is 0 Å². The maximum absolute atomic E-state index is 12.0. The van der Waals surface area contributed by atoms with Gasteiger partial charge in [0, 0.05) is 10.7 Å². The standard InChI is InChI=1S/C15H11ClN2O2/c16-11-2-4-12(5-3-11)18-15(19)8-10-1-6-13-14(7-10)20-9-17-13/h1-7,9H,8H2,(H,18,19). The molecule has 4 nitrogen and oxygen atoms in total. The normalized spacial score (nSPS) is 10.7. The van der Waals surface area contributed by atoms with Crippen molar-refractivity contribution in [3.05, 3.63) is 59.4 Å². The van der Waals surface area contributed by atoms with E-state index in [4.69, 9.17) is 16.0 Å². The van der Waals surface area contributed by atoms with Crippen LogP contribution in [0.1, 0.15) is 5.56 Å². The first kappa shape index (κ1) is 12.7. The second kappa shape index (κ2) is 5.35. The molecular formula is C15H11ClN2O2. The summed E-state index contributed by atoms with van der Waals surface area (Å²) in [5.74, 6) is -0.0915. The Morgan fingerprint density at radius 3 is 2.80 bits per heavy atom. The topological polar surface area (TPSA) is 55.1 Å². The van der Waals surface area contributed by atoms with Crippen molar-refractivity contribution in [3.8, 4) is 0 Å². The van der Waals surface area contributed by atoms with E-state index < -0.39 is 0 Å². The lowest BCUT2D eigenvalue weighted by Crippen LogP contribution is -2.14. The minimum absolute atomic E-state index is 0.0915. The Labute approximate surface area is 120 Å². The van der Waals surface area contributed by atoms with Gasteiger partial charge in [-0.15, -0.1) is 0 Å². The minimum atomic E-state index is -0.0915. The van der Waals surface area contributed by atoms with Gasteiger partial charge in [0.15, 0.2) is 12.0 Å². The van der Waals surface area contributed by atoms with Gasteiger partial charge in [-0.25, -0.2) is 4.98 Å². The number of aromatic nitrogens is 1. The molecule has 0 aliphatic carbocycles. The van der Waals surface area contributed by atoms with E-state index in [2.05, 4.69) is 10.3 Å². The monoisotopic (exact) mass is 286 g/mol. The molecule has 1 amide bonds. The summed E-state index contributed by atoms with van der Waals surface area (Å²) in [5, 5.41) is 3.45. The molecule has 20 heavy (non-hydrogen) atoms. The molecule has 0 radical (unpaired) electrons. The predicted octanol–water partition coefficient (Wildman–Crippen LogP) is 3.66. The summed E-state index contributed by atoms with van der Waals surface area (Å²) in [6.45, 7) is 0. The van der Waals surface area contributed by atoms with Gasteiger partial charge >= 0.3 is 0 Å². The van der Waals surface area contributed by atoms with E-state index in [-0.39, 0.29) is 12.3 Å². The van der Waals surface area contributed by atoms with Gasteiger partial charge in [-0.3, -0.25) is 4.79 Å². The molecule has 0 atom stereocenters. The van der Waals surface area contributed by atoms with E-state index in [9.17, 15) is 4.79 Å². The summed E-state index contributed by atoms with van der Waals surface area (Å²) in [6, 6.07) is 12.5. The van der Waals surface area contributed by atoms with Gasteiger partial charge in [0.1, 0.15) is 5.52 Å². The van der Waals surface area contributed by atoms with E-state index in [1.54, 1.807) is 24.3 Å². The van der Waals surface area contributed by atoms with Gasteiger partial charge in [0.25, 0.3) is 0 Å². The first-order chi connectivity index (χ1) is 9.70. The second-order valence-corrected chi connectivity index (χ2v) is 4.82. The second-order valence-electron chi connectivity index (χ2n) is 4.39. The number of halogens is 1. The van der Waals surface area contributed by atoms with Crippen molar-refractivity contribution in [2.24, 2.45) is 0 Å². The molecule has 0 saturated carbocycles. The van der Waals surface area contributed by atoms with Crippen LogP contribution in [0, 0.1) is 0 Å². The van der Waals surface area contributed by atoms with E-state index in [1.807, 2.05) is 18.2 Å². The highest BCUT2D eigenvalue weighted by Gasteiger charge is 2.06. The first-order valence-corrected chi connectivity index (χ1v) is 6.46. The molecular weight excluding hydrogens is 276 g/mol. The van der Waals surface area contributed by atoms with Gasteiger partial charge in [0.2, 0.25) is 5.91 Å². The van der Waals surface area contributed by atoms with Crippen molar-refractivity contribution in [1.29, 1.82) is 0 Å².